The van der Waals surface area contributed by atoms with Crippen molar-refractivity contribution in [2.75, 3.05) is 13.7 Å². The zero-order valence-electron chi connectivity index (χ0n) is 15.6. The van der Waals surface area contributed by atoms with Crippen LogP contribution < -0.4 is 14.2 Å². The molecule has 1 aromatic carbocycles. The van der Waals surface area contributed by atoms with Crippen molar-refractivity contribution in [2.45, 2.75) is 12.5 Å². The number of aromatic nitrogens is 4. The molecular formula is C21H17BrN4O3. The van der Waals surface area contributed by atoms with Crippen LogP contribution in [0.2, 0.25) is 0 Å². The first kappa shape index (κ1) is 17.9. The van der Waals surface area contributed by atoms with Gasteiger partial charge in [0.1, 0.15) is 6.61 Å². The zero-order chi connectivity index (χ0) is 19.8. The summed E-state index contributed by atoms with van der Waals surface area (Å²) < 4.78 is 19.9. The molecule has 0 saturated heterocycles. The number of fused-ring (bicyclic) bond motifs is 2. The van der Waals surface area contributed by atoms with E-state index in [4.69, 9.17) is 14.2 Å². The summed E-state index contributed by atoms with van der Waals surface area (Å²) in [6.07, 6.45) is 7.78. The Labute approximate surface area is 175 Å². The van der Waals surface area contributed by atoms with Gasteiger partial charge < -0.3 is 14.2 Å². The molecule has 0 N–H and O–H groups in total. The fourth-order valence-corrected chi connectivity index (χ4v) is 3.63. The van der Waals surface area contributed by atoms with Gasteiger partial charge in [-0.2, -0.15) is 5.10 Å². The zero-order valence-corrected chi connectivity index (χ0v) is 17.2. The number of methoxy groups -OCH3 is 1. The van der Waals surface area contributed by atoms with Crippen molar-refractivity contribution in [2.24, 2.45) is 0 Å². The fourth-order valence-electron chi connectivity index (χ4n) is 3.34. The number of rotatable bonds is 4. The molecule has 0 spiro atoms. The Morgan fingerprint density at radius 2 is 2.07 bits per heavy atom. The van der Waals surface area contributed by atoms with E-state index < -0.39 is 0 Å². The topological polar surface area (TPSA) is 70.8 Å². The maximum atomic E-state index is 6.13. The van der Waals surface area contributed by atoms with E-state index >= 15 is 0 Å². The normalized spacial score (nSPS) is 15.4. The van der Waals surface area contributed by atoms with Gasteiger partial charge in [-0.15, -0.1) is 0 Å². The van der Waals surface area contributed by atoms with Crippen molar-refractivity contribution >= 4 is 21.6 Å². The first-order chi connectivity index (χ1) is 14.2. The van der Waals surface area contributed by atoms with E-state index in [1.807, 2.05) is 42.7 Å². The molecule has 0 aliphatic carbocycles. The Kier molecular flexibility index (Phi) is 4.55. The predicted molar refractivity (Wildman–Crippen MR) is 110 cm³/mol. The van der Waals surface area contributed by atoms with Crippen LogP contribution in [0.4, 0.5) is 0 Å². The number of hydrogen-bond donors (Lipinski definition) is 0. The van der Waals surface area contributed by atoms with Crippen LogP contribution in [0.15, 0.2) is 59.6 Å². The van der Waals surface area contributed by atoms with E-state index in [0.29, 0.717) is 18.9 Å². The molecule has 29 heavy (non-hydrogen) atoms. The highest BCUT2D eigenvalue weighted by Crippen LogP contribution is 2.37. The number of halogens is 1. The molecule has 8 heteroatoms. The van der Waals surface area contributed by atoms with Gasteiger partial charge in [-0.1, -0.05) is 6.07 Å². The summed E-state index contributed by atoms with van der Waals surface area (Å²) >= 11 is 3.41. The minimum Gasteiger partial charge on any atom is -0.485 e. The number of benzene rings is 1. The highest BCUT2D eigenvalue weighted by Gasteiger charge is 2.23. The SMILES string of the molecule is COc1ccc(C2COc3cc(Cc4cnn5cc(Br)cnc45)ccc3O2)cn1. The second-order valence-corrected chi connectivity index (χ2v) is 7.64. The molecule has 5 rings (SSSR count). The minimum atomic E-state index is -0.200. The van der Waals surface area contributed by atoms with Crippen LogP contribution in [-0.4, -0.2) is 33.3 Å². The van der Waals surface area contributed by atoms with Crippen molar-refractivity contribution in [1.29, 1.82) is 0 Å². The van der Waals surface area contributed by atoms with Crippen molar-refractivity contribution in [3.8, 4) is 17.4 Å². The summed E-state index contributed by atoms with van der Waals surface area (Å²) in [5, 5.41) is 4.37. The van der Waals surface area contributed by atoms with Crippen LogP contribution >= 0.6 is 15.9 Å². The van der Waals surface area contributed by atoms with E-state index in [2.05, 4.69) is 31.0 Å². The Balaban J connectivity index is 1.35. The third-order valence-electron chi connectivity index (χ3n) is 4.80. The Morgan fingerprint density at radius 3 is 2.90 bits per heavy atom. The van der Waals surface area contributed by atoms with Gasteiger partial charge in [-0.25, -0.2) is 14.5 Å². The number of hydrogen-bond acceptors (Lipinski definition) is 6. The van der Waals surface area contributed by atoms with Gasteiger partial charge in [0.15, 0.2) is 23.3 Å². The first-order valence-electron chi connectivity index (χ1n) is 9.10. The summed E-state index contributed by atoms with van der Waals surface area (Å²) in [6.45, 7) is 0.427. The summed E-state index contributed by atoms with van der Waals surface area (Å²) in [6, 6.07) is 9.76. The smallest absolute Gasteiger partial charge is 0.212 e. The molecule has 1 aliphatic rings. The number of pyridine rings is 1. The van der Waals surface area contributed by atoms with Crippen molar-refractivity contribution in [3.05, 3.63) is 76.3 Å². The molecule has 7 nitrogen and oxygen atoms in total. The summed E-state index contributed by atoms with van der Waals surface area (Å²) in [7, 11) is 1.60. The molecule has 1 aliphatic heterocycles. The summed E-state index contributed by atoms with van der Waals surface area (Å²) in [5.41, 5.74) is 3.95. The second kappa shape index (κ2) is 7.36. The van der Waals surface area contributed by atoms with Gasteiger partial charge in [0.2, 0.25) is 5.88 Å². The van der Waals surface area contributed by atoms with Crippen molar-refractivity contribution < 1.29 is 14.2 Å². The van der Waals surface area contributed by atoms with Crippen LogP contribution in [0.1, 0.15) is 22.8 Å². The quantitative estimate of drug-likeness (QED) is 0.465. The van der Waals surface area contributed by atoms with Gasteiger partial charge in [-0.3, -0.25) is 0 Å². The van der Waals surface area contributed by atoms with E-state index in [-0.39, 0.29) is 6.10 Å². The molecule has 0 saturated carbocycles. The van der Waals surface area contributed by atoms with Gasteiger partial charge in [0.25, 0.3) is 0 Å². The van der Waals surface area contributed by atoms with Crippen LogP contribution in [-0.2, 0) is 6.42 Å². The van der Waals surface area contributed by atoms with Crippen molar-refractivity contribution in [1.82, 2.24) is 19.6 Å². The standard InChI is InChI=1S/C21H17BrN4O3/c1-27-20-5-3-14(8-23-20)19-12-28-18-7-13(2-4-17(18)29-19)6-15-9-25-26-11-16(22)10-24-21(15)26/h2-5,7-11,19H,6,12H2,1H3. The lowest BCUT2D eigenvalue weighted by atomic mass is 10.1. The van der Waals surface area contributed by atoms with Crippen LogP contribution in [0.5, 0.6) is 17.4 Å². The lowest BCUT2D eigenvalue weighted by Crippen LogP contribution is -2.21. The average molecular weight is 453 g/mol. The van der Waals surface area contributed by atoms with Crippen LogP contribution in [0, 0.1) is 0 Å². The summed E-state index contributed by atoms with van der Waals surface area (Å²) in [4.78, 5) is 8.70. The first-order valence-corrected chi connectivity index (χ1v) is 9.89. The van der Waals surface area contributed by atoms with Gasteiger partial charge in [-0.05, 0) is 39.7 Å². The minimum absolute atomic E-state index is 0.200. The number of ether oxygens (including phenoxy) is 3. The highest BCUT2D eigenvalue weighted by atomic mass is 79.9. The Morgan fingerprint density at radius 1 is 1.14 bits per heavy atom. The molecule has 1 unspecified atom stereocenters. The summed E-state index contributed by atoms with van der Waals surface area (Å²) in [5.74, 6) is 2.04. The van der Waals surface area contributed by atoms with Gasteiger partial charge in [0, 0.05) is 42.2 Å². The molecule has 4 heterocycles. The molecule has 4 aromatic rings. The van der Waals surface area contributed by atoms with E-state index in [9.17, 15) is 0 Å². The molecule has 146 valence electrons. The fraction of sp³-hybridized carbons (Fsp3) is 0.190. The maximum Gasteiger partial charge on any atom is 0.212 e. The molecule has 3 aromatic heterocycles. The largest absolute Gasteiger partial charge is 0.485 e. The molecular weight excluding hydrogens is 436 g/mol. The molecule has 1 atom stereocenters. The molecule has 0 amide bonds. The average Bonchev–Trinajstić information content (AvgIpc) is 3.15. The van der Waals surface area contributed by atoms with E-state index in [1.165, 1.54) is 0 Å². The second-order valence-electron chi connectivity index (χ2n) is 6.72. The Bertz CT molecular complexity index is 1180. The lowest BCUT2D eigenvalue weighted by molar-refractivity contribution is 0.0909. The monoisotopic (exact) mass is 452 g/mol. The van der Waals surface area contributed by atoms with Gasteiger partial charge in [0.05, 0.1) is 17.8 Å². The van der Waals surface area contributed by atoms with E-state index in [0.717, 1.165) is 38.3 Å². The maximum absolute atomic E-state index is 6.13. The van der Waals surface area contributed by atoms with Gasteiger partial charge >= 0.3 is 0 Å². The lowest BCUT2D eigenvalue weighted by Gasteiger charge is -2.27. The Hall–Kier alpha value is -3.13. The molecule has 0 fully saturated rings. The molecule has 0 radical (unpaired) electrons. The third kappa shape index (κ3) is 3.51. The molecule has 0 bridgehead atoms. The predicted octanol–water partition coefficient (Wildman–Crippen LogP) is 4.00. The highest BCUT2D eigenvalue weighted by molar-refractivity contribution is 9.10. The van der Waals surface area contributed by atoms with Crippen molar-refractivity contribution in [3.63, 3.8) is 0 Å². The number of nitrogens with zero attached hydrogens (tertiary/aromatic N) is 4. The van der Waals surface area contributed by atoms with Crippen LogP contribution in [0.25, 0.3) is 5.65 Å². The van der Waals surface area contributed by atoms with E-state index in [1.54, 1.807) is 24.0 Å². The third-order valence-corrected chi connectivity index (χ3v) is 5.21. The van der Waals surface area contributed by atoms with Crippen LogP contribution in [0.3, 0.4) is 0 Å².